The summed E-state index contributed by atoms with van der Waals surface area (Å²) in [6.07, 6.45) is -0.182. The number of benzene rings is 3. The van der Waals surface area contributed by atoms with Crippen molar-refractivity contribution in [2.24, 2.45) is 0 Å². The third-order valence-corrected chi connectivity index (χ3v) is 3.99. The van der Waals surface area contributed by atoms with Crippen molar-refractivity contribution in [3.63, 3.8) is 0 Å². The number of rotatable bonds is 0. The Morgan fingerprint density at radius 1 is 0.857 bits per heavy atom. The largest absolute Gasteiger partial charge is 0.464 e. The van der Waals surface area contributed by atoms with Crippen LogP contribution in [0.3, 0.4) is 0 Å². The van der Waals surface area contributed by atoms with Gasteiger partial charge in [0, 0.05) is 6.42 Å². The molecule has 3 aromatic rings. The zero-order valence-electron chi connectivity index (χ0n) is 11.3. The van der Waals surface area contributed by atoms with E-state index >= 15 is 0 Å². The number of carboxylic acid groups (broad SMARTS) is 1. The first-order valence-corrected chi connectivity index (χ1v) is 6.87. The highest BCUT2D eigenvalue weighted by Crippen LogP contribution is 2.40. The SMILES string of the molecule is O=C(O)N1c2ccccc2Cc2cc3ccccc3cc21. The van der Waals surface area contributed by atoms with E-state index in [4.69, 9.17) is 0 Å². The normalized spacial score (nSPS) is 12.9. The fourth-order valence-corrected chi connectivity index (χ4v) is 3.04. The average Bonchev–Trinajstić information content (AvgIpc) is 2.50. The molecule has 0 fully saturated rings. The number of hydrogen-bond acceptors (Lipinski definition) is 1. The fraction of sp³-hybridized carbons (Fsp3) is 0.0556. The van der Waals surface area contributed by atoms with Crippen LogP contribution < -0.4 is 4.90 Å². The Morgan fingerprint density at radius 2 is 1.52 bits per heavy atom. The van der Waals surface area contributed by atoms with Gasteiger partial charge in [-0.3, -0.25) is 0 Å². The van der Waals surface area contributed by atoms with E-state index in [0.717, 1.165) is 39.7 Å². The number of para-hydroxylation sites is 1. The molecule has 0 saturated heterocycles. The van der Waals surface area contributed by atoms with Crippen molar-refractivity contribution in [3.05, 3.63) is 71.8 Å². The molecule has 102 valence electrons. The van der Waals surface area contributed by atoms with E-state index in [1.807, 2.05) is 48.5 Å². The van der Waals surface area contributed by atoms with Gasteiger partial charge < -0.3 is 5.11 Å². The minimum absolute atomic E-state index is 0.757. The molecule has 1 amide bonds. The van der Waals surface area contributed by atoms with Crippen LogP contribution in [0.1, 0.15) is 11.1 Å². The maximum absolute atomic E-state index is 11.7. The van der Waals surface area contributed by atoms with E-state index in [-0.39, 0.29) is 0 Å². The number of amides is 1. The molecule has 1 aliphatic heterocycles. The molecule has 1 aliphatic rings. The van der Waals surface area contributed by atoms with Crippen LogP contribution in [0.4, 0.5) is 16.2 Å². The van der Waals surface area contributed by atoms with Gasteiger partial charge in [0.2, 0.25) is 0 Å². The highest BCUT2D eigenvalue weighted by Gasteiger charge is 2.27. The molecular formula is C18H13NO2. The maximum Gasteiger partial charge on any atom is 0.416 e. The van der Waals surface area contributed by atoms with Gasteiger partial charge in [0.05, 0.1) is 11.4 Å². The lowest BCUT2D eigenvalue weighted by molar-refractivity contribution is 0.204. The molecule has 0 radical (unpaired) electrons. The third kappa shape index (κ3) is 1.78. The molecule has 0 saturated carbocycles. The molecule has 3 aromatic carbocycles. The second kappa shape index (κ2) is 4.35. The molecule has 1 heterocycles. The Labute approximate surface area is 122 Å². The number of anilines is 2. The van der Waals surface area contributed by atoms with Crippen molar-refractivity contribution in [2.75, 3.05) is 4.90 Å². The predicted octanol–water partition coefficient (Wildman–Crippen LogP) is 4.56. The maximum atomic E-state index is 11.7. The van der Waals surface area contributed by atoms with Crippen molar-refractivity contribution in [3.8, 4) is 0 Å². The van der Waals surface area contributed by atoms with Gasteiger partial charge in [-0.1, -0.05) is 42.5 Å². The quantitative estimate of drug-likeness (QED) is 0.653. The molecule has 0 bridgehead atoms. The van der Waals surface area contributed by atoms with Gasteiger partial charge in [-0.05, 0) is 40.1 Å². The average molecular weight is 275 g/mol. The zero-order chi connectivity index (χ0) is 14.4. The van der Waals surface area contributed by atoms with Gasteiger partial charge in [-0.25, -0.2) is 9.69 Å². The minimum atomic E-state index is -0.946. The summed E-state index contributed by atoms with van der Waals surface area (Å²) in [5.74, 6) is 0. The highest BCUT2D eigenvalue weighted by molar-refractivity contribution is 6.01. The first-order chi connectivity index (χ1) is 10.2. The van der Waals surface area contributed by atoms with Gasteiger partial charge in [-0.2, -0.15) is 0 Å². The van der Waals surface area contributed by atoms with Gasteiger partial charge in [0.1, 0.15) is 0 Å². The lowest BCUT2D eigenvalue weighted by Gasteiger charge is -2.29. The highest BCUT2D eigenvalue weighted by atomic mass is 16.4. The first kappa shape index (κ1) is 12.0. The van der Waals surface area contributed by atoms with Crippen LogP contribution in [-0.4, -0.2) is 11.2 Å². The Hall–Kier alpha value is -2.81. The molecule has 21 heavy (non-hydrogen) atoms. The number of fused-ring (bicyclic) bond motifs is 3. The Bertz CT molecular complexity index is 870. The van der Waals surface area contributed by atoms with E-state index in [1.165, 1.54) is 4.90 Å². The molecule has 0 aromatic heterocycles. The Morgan fingerprint density at radius 3 is 2.29 bits per heavy atom. The van der Waals surface area contributed by atoms with E-state index in [9.17, 15) is 9.90 Å². The van der Waals surface area contributed by atoms with Crippen molar-refractivity contribution in [2.45, 2.75) is 6.42 Å². The lowest BCUT2D eigenvalue weighted by atomic mass is 9.93. The molecule has 4 rings (SSSR count). The van der Waals surface area contributed by atoms with Crippen LogP contribution in [0.2, 0.25) is 0 Å². The summed E-state index contributed by atoms with van der Waals surface area (Å²) in [5, 5.41) is 11.8. The van der Waals surface area contributed by atoms with E-state index < -0.39 is 6.09 Å². The topological polar surface area (TPSA) is 40.5 Å². The summed E-state index contributed by atoms with van der Waals surface area (Å²) in [6.45, 7) is 0. The van der Waals surface area contributed by atoms with Crippen LogP contribution in [0.15, 0.2) is 60.7 Å². The lowest BCUT2D eigenvalue weighted by Crippen LogP contribution is -2.28. The molecule has 3 nitrogen and oxygen atoms in total. The minimum Gasteiger partial charge on any atom is -0.464 e. The standard InChI is InChI=1S/C18H13NO2/c20-18(21)19-16-8-4-3-7-14(16)10-15-9-12-5-1-2-6-13(12)11-17(15)19/h1-9,11H,10H2,(H,20,21). The number of hydrogen-bond donors (Lipinski definition) is 1. The summed E-state index contributed by atoms with van der Waals surface area (Å²) < 4.78 is 0. The predicted molar refractivity (Wildman–Crippen MR) is 83.4 cm³/mol. The molecule has 1 N–H and O–H groups in total. The number of nitrogens with zero attached hydrogens (tertiary/aromatic N) is 1. The second-order valence-corrected chi connectivity index (χ2v) is 5.25. The summed E-state index contributed by atoms with van der Waals surface area (Å²) in [5.41, 5.74) is 3.62. The van der Waals surface area contributed by atoms with Crippen LogP contribution in [0.25, 0.3) is 10.8 Å². The van der Waals surface area contributed by atoms with Crippen molar-refractivity contribution >= 4 is 28.2 Å². The summed E-state index contributed by atoms with van der Waals surface area (Å²) >= 11 is 0. The summed E-state index contributed by atoms with van der Waals surface area (Å²) in [4.78, 5) is 13.1. The van der Waals surface area contributed by atoms with Crippen LogP contribution in [0.5, 0.6) is 0 Å². The molecule has 0 spiro atoms. The van der Waals surface area contributed by atoms with Crippen LogP contribution in [-0.2, 0) is 6.42 Å². The third-order valence-electron chi connectivity index (χ3n) is 3.99. The van der Waals surface area contributed by atoms with E-state index in [1.54, 1.807) is 0 Å². The van der Waals surface area contributed by atoms with Crippen molar-refractivity contribution in [1.29, 1.82) is 0 Å². The molecule has 0 atom stereocenters. The molecule has 0 unspecified atom stereocenters. The summed E-state index contributed by atoms with van der Waals surface area (Å²) in [6, 6.07) is 19.8. The second-order valence-electron chi connectivity index (χ2n) is 5.25. The first-order valence-electron chi connectivity index (χ1n) is 6.87. The Balaban J connectivity index is 2.01. The van der Waals surface area contributed by atoms with Gasteiger partial charge in [-0.15, -0.1) is 0 Å². The van der Waals surface area contributed by atoms with Gasteiger partial charge in [0.25, 0.3) is 0 Å². The molecule has 3 heteroatoms. The van der Waals surface area contributed by atoms with Crippen LogP contribution >= 0.6 is 0 Å². The molecule has 0 aliphatic carbocycles. The summed E-state index contributed by atoms with van der Waals surface area (Å²) in [7, 11) is 0. The van der Waals surface area contributed by atoms with Crippen molar-refractivity contribution < 1.29 is 9.90 Å². The van der Waals surface area contributed by atoms with Crippen molar-refractivity contribution in [1.82, 2.24) is 0 Å². The fourth-order valence-electron chi connectivity index (χ4n) is 3.04. The monoisotopic (exact) mass is 275 g/mol. The smallest absolute Gasteiger partial charge is 0.416 e. The van der Waals surface area contributed by atoms with E-state index in [2.05, 4.69) is 12.1 Å². The number of carbonyl (C=O) groups is 1. The van der Waals surface area contributed by atoms with Gasteiger partial charge in [0.15, 0.2) is 0 Å². The van der Waals surface area contributed by atoms with Crippen LogP contribution in [0, 0.1) is 0 Å². The zero-order valence-corrected chi connectivity index (χ0v) is 11.3. The Kier molecular flexibility index (Phi) is 2.48. The molecular weight excluding hydrogens is 262 g/mol. The van der Waals surface area contributed by atoms with Gasteiger partial charge >= 0.3 is 6.09 Å². The van der Waals surface area contributed by atoms with E-state index in [0.29, 0.717) is 0 Å².